The van der Waals surface area contributed by atoms with Gasteiger partial charge in [-0.15, -0.1) is 0 Å². The van der Waals surface area contributed by atoms with Gasteiger partial charge in [-0.2, -0.15) is 13.1 Å². The fraction of sp³-hybridized carbons (Fsp3) is 0.350. The predicted octanol–water partition coefficient (Wildman–Crippen LogP) is 4.81. The molecule has 0 radical (unpaired) electrons. The first kappa shape index (κ1) is 22.4. The predicted molar refractivity (Wildman–Crippen MR) is 116 cm³/mol. The molecule has 1 aliphatic heterocycles. The van der Waals surface area contributed by atoms with E-state index in [-0.39, 0.29) is 33.9 Å². The number of imidazole rings is 1. The summed E-state index contributed by atoms with van der Waals surface area (Å²) < 4.78 is 56.0. The molecule has 0 aliphatic carbocycles. The lowest BCUT2D eigenvalue weighted by Crippen LogP contribution is -2.49. The number of sulfonamides is 1. The van der Waals surface area contributed by atoms with E-state index < -0.39 is 22.6 Å². The van der Waals surface area contributed by atoms with Crippen LogP contribution in [0.25, 0.3) is 11.0 Å². The summed E-state index contributed by atoms with van der Waals surface area (Å²) in [5, 5.41) is 0.128. The van der Waals surface area contributed by atoms with E-state index in [0.717, 1.165) is 4.57 Å². The van der Waals surface area contributed by atoms with Crippen molar-refractivity contribution in [3.05, 3.63) is 58.3 Å². The fourth-order valence-corrected chi connectivity index (χ4v) is 6.43. The van der Waals surface area contributed by atoms with Crippen molar-refractivity contribution >= 4 is 44.3 Å². The third kappa shape index (κ3) is 4.05. The van der Waals surface area contributed by atoms with Crippen LogP contribution in [0.4, 0.5) is 8.78 Å². The second-order valence-corrected chi connectivity index (χ2v) is 9.96. The van der Waals surface area contributed by atoms with Gasteiger partial charge in [-0.3, -0.25) is 9.47 Å². The normalized spacial score (nSPS) is 17.5. The molecular weight excluding hydrogens is 469 g/mol. The molecular formula is C20H20Cl2F2N4O2S. The van der Waals surface area contributed by atoms with Crippen LogP contribution in [0.5, 0.6) is 0 Å². The average molecular weight is 489 g/mol. The first-order valence-corrected chi connectivity index (χ1v) is 11.8. The average Bonchev–Trinajstić information content (AvgIpc) is 3.13. The standard InChI is InChI=1S/C20H20Cl2F2N4O2S/c1-13(19-25-16-7-2-3-8-17(16)28(19)20(23)24)26-9-11-27(12-10-26)31(29,30)18-14(21)5-4-6-15(18)22/h2-8,13,20H,9-12H2,1H3. The van der Waals surface area contributed by atoms with Crippen LogP contribution in [0.1, 0.15) is 25.3 Å². The molecule has 6 nitrogen and oxygen atoms in total. The van der Waals surface area contributed by atoms with E-state index in [4.69, 9.17) is 23.2 Å². The highest BCUT2D eigenvalue weighted by Crippen LogP contribution is 2.33. The number of hydrogen-bond acceptors (Lipinski definition) is 4. The van der Waals surface area contributed by atoms with Gasteiger partial charge in [0.2, 0.25) is 10.0 Å². The zero-order valence-corrected chi connectivity index (χ0v) is 18.9. The maximum Gasteiger partial charge on any atom is 0.320 e. The Balaban J connectivity index is 1.56. The highest BCUT2D eigenvalue weighted by Gasteiger charge is 2.34. The van der Waals surface area contributed by atoms with E-state index in [9.17, 15) is 17.2 Å². The third-order valence-electron chi connectivity index (χ3n) is 5.53. The van der Waals surface area contributed by atoms with Crippen LogP contribution in [0.3, 0.4) is 0 Å². The van der Waals surface area contributed by atoms with Crippen molar-refractivity contribution in [2.24, 2.45) is 0 Å². The first-order valence-electron chi connectivity index (χ1n) is 9.65. The Bertz CT molecular complexity index is 1190. The fourth-order valence-electron chi connectivity index (χ4n) is 3.92. The van der Waals surface area contributed by atoms with Crippen molar-refractivity contribution in [2.45, 2.75) is 24.4 Å². The SMILES string of the molecule is CC(c1nc2ccccc2n1C(F)F)N1CCN(S(=O)(=O)c2c(Cl)cccc2Cl)CC1. The smallest absolute Gasteiger partial charge is 0.291 e. The number of hydrogen-bond donors (Lipinski definition) is 0. The molecule has 1 aliphatic rings. The van der Waals surface area contributed by atoms with Crippen LogP contribution >= 0.6 is 23.2 Å². The van der Waals surface area contributed by atoms with E-state index in [1.165, 1.54) is 16.4 Å². The molecule has 4 rings (SSSR count). The number of piperazine rings is 1. The highest BCUT2D eigenvalue weighted by atomic mass is 35.5. The molecule has 0 saturated carbocycles. The minimum Gasteiger partial charge on any atom is -0.291 e. The van der Waals surface area contributed by atoms with E-state index in [1.807, 2.05) is 4.90 Å². The number of fused-ring (bicyclic) bond motifs is 1. The number of alkyl halides is 2. The molecule has 3 aromatic rings. The highest BCUT2D eigenvalue weighted by molar-refractivity contribution is 7.89. The molecule has 0 bridgehead atoms. The zero-order chi connectivity index (χ0) is 22.3. The van der Waals surface area contributed by atoms with Crippen molar-refractivity contribution in [1.82, 2.24) is 18.8 Å². The number of rotatable bonds is 5. The lowest BCUT2D eigenvalue weighted by Gasteiger charge is -2.37. The third-order valence-corrected chi connectivity index (χ3v) is 8.38. The van der Waals surface area contributed by atoms with Crippen LogP contribution in [0, 0.1) is 0 Å². The quantitative estimate of drug-likeness (QED) is 0.517. The summed E-state index contributed by atoms with van der Waals surface area (Å²) in [6, 6.07) is 10.9. The summed E-state index contributed by atoms with van der Waals surface area (Å²) in [5.41, 5.74) is 0.869. The van der Waals surface area contributed by atoms with Gasteiger partial charge in [0.05, 0.1) is 27.1 Å². The molecule has 0 spiro atoms. The summed E-state index contributed by atoms with van der Waals surface area (Å²) in [6.45, 7) is 0.152. The van der Waals surface area contributed by atoms with Gasteiger partial charge in [-0.1, -0.05) is 41.4 Å². The molecule has 1 saturated heterocycles. The Labute approximate surface area is 189 Å². The van der Waals surface area contributed by atoms with Crippen LogP contribution in [0.15, 0.2) is 47.4 Å². The second kappa shape index (κ2) is 8.63. The summed E-state index contributed by atoms with van der Waals surface area (Å²) in [7, 11) is -3.88. The Morgan fingerprint density at radius 3 is 2.19 bits per heavy atom. The van der Waals surface area contributed by atoms with Gasteiger partial charge < -0.3 is 0 Å². The van der Waals surface area contributed by atoms with Gasteiger partial charge in [-0.25, -0.2) is 13.4 Å². The first-order chi connectivity index (χ1) is 14.7. The summed E-state index contributed by atoms with van der Waals surface area (Å²) in [4.78, 5) is 6.26. The van der Waals surface area contributed by atoms with E-state index >= 15 is 0 Å². The molecule has 2 heterocycles. The minimum absolute atomic E-state index is 0.0638. The van der Waals surface area contributed by atoms with E-state index in [0.29, 0.717) is 24.1 Å². The number of nitrogens with zero attached hydrogens (tertiary/aromatic N) is 4. The molecule has 31 heavy (non-hydrogen) atoms. The van der Waals surface area contributed by atoms with Gasteiger partial charge in [0.25, 0.3) is 0 Å². The molecule has 0 N–H and O–H groups in total. The van der Waals surface area contributed by atoms with Crippen molar-refractivity contribution in [3.8, 4) is 0 Å². The van der Waals surface area contributed by atoms with Crippen molar-refractivity contribution in [1.29, 1.82) is 0 Å². The zero-order valence-electron chi connectivity index (χ0n) is 16.6. The molecule has 166 valence electrons. The molecule has 0 amide bonds. The largest absolute Gasteiger partial charge is 0.320 e. The van der Waals surface area contributed by atoms with Gasteiger partial charge >= 0.3 is 6.55 Å². The van der Waals surface area contributed by atoms with Crippen LogP contribution in [0.2, 0.25) is 10.0 Å². The Morgan fingerprint density at radius 1 is 0.968 bits per heavy atom. The Kier molecular flexibility index (Phi) is 6.24. The maximum absolute atomic E-state index is 13.8. The second-order valence-electron chi connectivity index (χ2n) is 7.27. The summed E-state index contributed by atoms with van der Waals surface area (Å²) >= 11 is 12.2. The Hall–Kier alpha value is -1.78. The molecule has 2 aromatic carbocycles. The van der Waals surface area contributed by atoms with E-state index in [1.54, 1.807) is 37.3 Å². The van der Waals surface area contributed by atoms with Crippen LogP contribution in [-0.4, -0.2) is 53.4 Å². The number of halogens is 4. The Morgan fingerprint density at radius 2 is 1.58 bits per heavy atom. The van der Waals surface area contributed by atoms with Gasteiger partial charge in [0.1, 0.15) is 10.7 Å². The molecule has 11 heteroatoms. The number of aromatic nitrogens is 2. The van der Waals surface area contributed by atoms with Gasteiger partial charge in [0, 0.05) is 26.2 Å². The van der Waals surface area contributed by atoms with Crippen molar-refractivity contribution < 1.29 is 17.2 Å². The summed E-state index contributed by atoms with van der Waals surface area (Å²) in [6.07, 6.45) is 0. The number of benzene rings is 2. The molecule has 1 aromatic heterocycles. The molecule has 1 unspecified atom stereocenters. The van der Waals surface area contributed by atoms with Gasteiger partial charge in [0.15, 0.2) is 0 Å². The lowest BCUT2D eigenvalue weighted by atomic mass is 10.2. The minimum atomic E-state index is -3.88. The van der Waals surface area contributed by atoms with E-state index in [2.05, 4.69) is 4.98 Å². The van der Waals surface area contributed by atoms with Crippen molar-refractivity contribution in [3.63, 3.8) is 0 Å². The summed E-state index contributed by atoms with van der Waals surface area (Å²) in [5.74, 6) is 0.252. The maximum atomic E-state index is 13.8. The molecule has 1 fully saturated rings. The van der Waals surface area contributed by atoms with Gasteiger partial charge in [-0.05, 0) is 31.2 Å². The van der Waals surface area contributed by atoms with Crippen LogP contribution in [-0.2, 0) is 10.0 Å². The number of para-hydroxylation sites is 2. The monoisotopic (exact) mass is 488 g/mol. The van der Waals surface area contributed by atoms with Crippen molar-refractivity contribution in [2.75, 3.05) is 26.2 Å². The topological polar surface area (TPSA) is 58.4 Å². The van der Waals surface area contributed by atoms with Crippen LogP contribution < -0.4 is 0 Å². The molecule has 1 atom stereocenters. The lowest BCUT2D eigenvalue weighted by molar-refractivity contribution is 0.0616.